The molecule has 1 heterocycles. The smallest absolute Gasteiger partial charge is 0.408 e. The average Bonchev–Trinajstić information content (AvgIpc) is 3.25. The number of carbonyl (C=O) groups excluding carboxylic acids is 1. The van der Waals surface area contributed by atoms with Gasteiger partial charge in [-0.1, -0.05) is 80.3 Å². The van der Waals surface area contributed by atoms with E-state index in [9.17, 15) is 4.79 Å². The minimum Gasteiger partial charge on any atom is -0.437 e. The Morgan fingerprint density at radius 3 is 2.34 bits per heavy atom. The summed E-state index contributed by atoms with van der Waals surface area (Å²) in [7, 11) is -1.16. The van der Waals surface area contributed by atoms with Gasteiger partial charge in [0.15, 0.2) is 12.8 Å². The standard InChI is InChI=1S/C23H31N5O3Si/c1-32(2,3)15-14-30-18-28-26-22(25-27-28)21(16-19-10-6-4-7-11-19)31-23(29)24-17-20-12-8-5-9-13-20/h4-13,21H,14-18H2,1-3H3,(H,24,29). The maximum Gasteiger partial charge on any atom is 0.408 e. The molecule has 1 amide bonds. The molecule has 1 aromatic heterocycles. The Hall–Kier alpha value is -3.04. The number of aromatic nitrogens is 4. The molecule has 32 heavy (non-hydrogen) atoms. The Bertz CT molecular complexity index is 961. The Balaban J connectivity index is 1.61. The number of amides is 1. The fourth-order valence-corrected chi connectivity index (χ4v) is 3.68. The van der Waals surface area contributed by atoms with Crippen LogP contribution in [0, 0.1) is 0 Å². The number of alkyl carbamates (subject to hydrolysis) is 1. The molecule has 0 radical (unpaired) electrons. The highest BCUT2D eigenvalue weighted by Crippen LogP contribution is 2.19. The number of nitrogens with one attached hydrogen (secondary N) is 1. The fourth-order valence-electron chi connectivity index (χ4n) is 2.92. The number of carbonyl (C=O) groups is 1. The van der Waals surface area contributed by atoms with Crippen molar-refractivity contribution in [1.82, 2.24) is 25.5 Å². The average molecular weight is 454 g/mol. The predicted molar refractivity (Wildman–Crippen MR) is 125 cm³/mol. The van der Waals surface area contributed by atoms with Crippen molar-refractivity contribution < 1.29 is 14.3 Å². The summed E-state index contributed by atoms with van der Waals surface area (Å²) >= 11 is 0. The maximum atomic E-state index is 12.5. The van der Waals surface area contributed by atoms with Gasteiger partial charge in [0.05, 0.1) is 0 Å². The van der Waals surface area contributed by atoms with Crippen LogP contribution in [0.1, 0.15) is 23.1 Å². The molecule has 2 aromatic carbocycles. The molecule has 0 spiro atoms. The van der Waals surface area contributed by atoms with E-state index in [0.717, 1.165) is 17.2 Å². The number of rotatable bonds is 11. The number of hydrogen-bond donors (Lipinski definition) is 1. The molecule has 3 aromatic rings. The lowest BCUT2D eigenvalue weighted by atomic mass is 10.1. The third-order valence-corrected chi connectivity index (χ3v) is 6.46. The molecule has 0 aliphatic carbocycles. The lowest BCUT2D eigenvalue weighted by Gasteiger charge is -2.16. The molecule has 3 rings (SSSR count). The van der Waals surface area contributed by atoms with Crippen molar-refractivity contribution in [2.75, 3.05) is 6.61 Å². The lowest BCUT2D eigenvalue weighted by molar-refractivity contribution is 0.0654. The van der Waals surface area contributed by atoms with Crippen LogP contribution in [0.2, 0.25) is 25.7 Å². The summed E-state index contributed by atoms with van der Waals surface area (Å²) in [6.45, 7) is 8.17. The Kier molecular flexibility index (Phi) is 8.52. The van der Waals surface area contributed by atoms with Crippen molar-refractivity contribution in [3.05, 3.63) is 77.6 Å². The fraction of sp³-hybridized carbons (Fsp3) is 0.391. The van der Waals surface area contributed by atoms with Crippen molar-refractivity contribution in [2.24, 2.45) is 0 Å². The number of tetrazole rings is 1. The Morgan fingerprint density at radius 1 is 1.03 bits per heavy atom. The third kappa shape index (κ3) is 8.24. The van der Waals surface area contributed by atoms with Gasteiger partial charge in [-0.25, -0.2) is 4.79 Å². The van der Waals surface area contributed by atoms with E-state index in [-0.39, 0.29) is 6.73 Å². The lowest BCUT2D eigenvalue weighted by Crippen LogP contribution is -2.27. The molecule has 0 aliphatic heterocycles. The second kappa shape index (κ2) is 11.5. The van der Waals surface area contributed by atoms with Crippen LogP contribution in [0.5, 0.6) is 0 Å². The van der Waals surface area contributed by atoms with E-state index in [0.29, 0.717) is 25.4 Å². The first-order chi connectivity index (χ1) is 15.4. The molecule has 0 aliphatic rings. The van der Waals surface area contributed by atoms with Gasteiger partial charge in [-0.2, -0.15) is 0 Å². The van der Waals surface area contributed by atoms with E-state index in [1.54, 1.807) is 0 Å². The topological polar surface area (TPSA) is 91.2 Å². The van der Waals surface area contributed by atoms with Crippen LogP contribution in [-0.2, 0) is 29.2 Å². The molecule has 0 fully saturated rings. The molecule has 8 nitrogen and oxygen atoms in total. The molecule has 1 N–H and O–H groups in total. The van der Waals surface area contributed by atoms with Gasteiger partial charge in [-0.3, -0.25) is 0 Å². The third-order valence-electron chi connectivity index (χ3n) is 4.75. The quantitative estimate of drug-likeness (QED) is 0.346. The molecule has 1 unspecified atom stereocenters. The van der Waals surface area contributed by atoms with Gasteiger partial charge in [0.25, 0.3) is 0 Å². The zero-order chi connectivity index (χ0) is 22.8. The van der Waals surface area contributed by atoms with Crippen LogP contribution in [0.25, 0.3) is 0 Å². The number of hydrogen-bond acceptors (Lipinski definition) is 6. The first kappa shape index (κ1) is 23.6. The van der Waals surface area contributed by atoms with Crippen LogP contribution in [0.3, 0.4) is 0 Å². The summed E-state index contributed by atoms with van der Waals surface area (Å²) in [5, 5.41) is 15.4. The van der Waals surface area contributed by atoms with Gasteiger partial charge in [-0.05, 0) is 22.4 Å². The summed E-state index contributed by atoms with van der Waals surface area (Å²) < 4.78 is 11.4. The maximum absolute atomic E-state index is 12.5. The molecule has 0 saturated heterocycles. The molecule has 9 heteroatoms. The molecule has 1 atom stereocenters. The summed E-state index contributed by atoms with van der Waals surface area (Å²) in [6, 6.07) is 20.5. The Labute approximate surface area is 189 Å². The van der Waals surface area contributed by atoms with E-state index in [1.807, 2.05) is 60.7 Å². The van der Waals surface area contributed by atoms with Crippen LogP contribution in [0.4, 0.5) is 4.79 Å². The van der Waals surface area contributed by atoms with Gasteiger partial charge < -0.3 is 14.8 Å². The van der Waals surface area contributed by atoms with Crippen LogP contribution in [0.15, 0.2) is 60.7 Å². The largest absolute Gasteiger partial charge is 0.437 e. The van der Waals surface area contributed by atoms with Crippen molar-refractivity contribution in [3.8, 4) is 0 Å². The molecular weight excluding hydrogens is 422 g/mol. The highest BCUT2D eigenvalue weighted by molar-refractivity contribution is 6.76. The first-order valence-electron chi connectivity index (χ1n) is 10.8. The summed E-state index contributed by atoms with van der Waals surface area (Å²) in [6.07, 6.45) is -0.747. The zero-order valence-corrected chi connectivity index (χ0v) is 19.9. The predicted octanol–water partition coefficient (Wildman–Crippen LogP) is 4.20. The van der Waals surface area contributed by atoms with Crippen LogP contribution < -0.4 is 5.32 Å². The summed E-state index contributed by atoms with van der Waals surface area (Å²) in [5.41, 5.74) is 2.00. The van der Waals surface area contributed by atoms with E-state index in [1.165, 1.54) is 4.80 Å². The second-order valence-electron chi connectivity index (χ2n) is 8.79. The Morgan fingerprint density at radius 2 is 1.69 bits per heavy atom. The number of benzene rings is 2. The van der Waals surface area contributed by atoms with Gasteiger partial charge in [0.1, 0.15) is 0 Å². The molecular formula is C23H31N5O3Si. The monoisotopic (exact) mass is 453 g/mol. The van der Waals surface area contributed by atoms with E-state index < -0.39 is 20.3 Å². The van der Waals surface area contributed by atoms with Crippen LogP contribution in [-0.4, -0.2) is 41.0 Å². The van der Waals surface area contributed by atoms with Gasteiger partial charge in [0.2, 0.25) is 5.82 Å². The van der Waals surface area contributed by atoms with Gasteiger partial charge >= 0.3 is 6.09 Å². The second-order valence-corrected chi connectivity index (χ2v) is 14.4. The highest BCUT2D eigenvalue weighted by Gasteiger charge is 2.23. The van der Waals surface area contributed by atoms with Crippen molar-refractivity contribution in [2.45, 2.75) is 51.5 Å². The van der Waals surface area contributed by atoms with E-state index >= 15 is 0 Å². The summed E-state index contributed by atoms with van der Waals surface area (Å²) in [4.78, 5) is 13.9. The normalized spacial score (nSPS) is 12.3. The van der Waals surface area contributed by atoms with E-state index in [2.05, 4.69) is 40.4 Å². The SMILES string of the molecule is C[Si](C)(C)CCOCn1nnc(C(Cc2ccccc2)OC(=O)NCc2ccccc2)n1. The molecule has 170 valence electrons. The minimum absolute atomic E-state index is 0.218. The zero-order valence-electron chi connectivity index (χ0n) is 18.9. The van der Waals surface area contributed by atoms with Crippen molar-refractivity contribution >= 4 is 14.2 Å². The first-order valence-corrected chi connectivity index (χ1v) is 14.5. The number of ether oxygens (including phenoxy) is 2. The van der Waals surface area contributed by atoms with Gasteiger partial charge in [-0.15, -0.1) is 15.0 Å². The molecule has 0 saturated carbocycles. The number of nitrogens with zero attached hydrogens (tertiary/aromatic N) is 4. The summed E-state index contributed by atoms with van der Waals surface area (Å²) in [5.74, 6) is 0.345. The van der Waals surface area contributed by atoms with Crippen LogP contribution >= 0.6 is 0 Å². The van der Waals surface area contributed by atoms with Crippen molar-refractivity contribution in [3.63, 3.8) is 0 Å². The van der Waals surface area contributed by atoms with Gasteiger partial charge in [0, 0.05) is 27.6 Å². The van der Waals surface area contributed by atoms with E-state index in [4.69, 9.17) is 9.47 Å². The van der Waals surface area contributed by atoms with Crippen molar-refractivity contribution in [1.29, 1.82) is 0 Å². The molecule has 0 bridgehead atoms. The minimum atomic E-state index is -1.16. The highest BCUT2D eigenvalue weighted by atomic mass is 28.3.